The Balaban J connectivity index is 2.85. The molecular weight excluding hydrogens is 262 g/mol. The van der Waals surface area contributed by atoms with E-state index < -0.39 is 5.97 Å². The Bertz CT molecular complexity index is 497. The molecule has 0 spiro atoms. The van der Waals surface area contributed by atoms with E-state index in [-0.39, 0.29) is 16.2 Å². The molecule has 104 valence electrons. The first-order valence-corrected chi connectivity index (χ1v) is 7.16. The van der Waals surface area contributed by atoms with Gasteiger partial charge in [-0.25, -0.2) is 4.79 Å². The van der Waals surface area contributed by atoms with Crippen molar-refractivity contribution < 1.29 is 14.7 Å². The number of carbonyl (C=O) groups is 2. The van der Waals surface area contributed by atoms with Gasteiger partial charge >= 0.3 is 5.97 Å². The van der Waals surface area contributed by atoms with E-state index in [4.69, 9.17) is 5.11 Å². The number of nitrogens with one attached hydrogen (secondary N) is 1. The van der Waals surface area contributed by atoms with E-state index in [1.807, 2.05) is 20.1 Å². The van der Waals surface area contributed by atoms with Crippen molar-refractivity contribution in [1.82, 2.24) is 5.32 Å². The first-order valence-electron chi connectivity index (χ1n) is 5.93. The largest absolute Gasteiger partial charge is 0.478 e. The molecule has 0 aliphatic rings. The first kappa shape index (κ1) is 15.6. The van der Waals surface area contributed by atoms with Gasteiger partial charge in [0, 0.05) is 16.9 Å². The van der Waals surface area contributed by atoms with Gasteiger partial charge in [-0.05, 0) is 50.8 Å². The molecule has 0 unspecified atom stereocenters. The SMILES string of the molecule is CSC(C)(C)CNC(=O)c1cc(C)cc(C(=O)O)c1. The molecule has 0 heterocycles. The summed E-state index contributed by atoms with van der Waals surface area (Å²) in [6.45, 7) is 6.38. The van der Waals surface area contributed by atoms with Crippen molar-refractivity contribution in [1.29, 1.82) is 0 Å². The van der Waals surface area contributed by atoms with Gasteiger partial charge in [0.2, 0.25) is 0 Å². The number of aryl methyl sites for hydroxylation is 1. The van der Waals surface area contributed by atoms with Gasteiger partial charge < -0.3 is 10.4 Å². The van der Waals surface area contributed by atoms with E-state index in [1.165, 1.54) is 6.07 Å². The topological polar surface area (TPSA) is 66.4 Å². The van der Waals surface area contributed by atoms with E-state index in [0.29, 0.717) is 12.1 Å². The zero-order chi connectivity index (χ0) is 14.6. The minimum absolute atomic E-state index is 0.0465. The summed E-state index contributed by atoms with van der Waals surface area (Å²) in [7, 11) is 0. The van der Waals surface area contributed by atoms with Crippen LogP contribution in [0.5, 0.6) is 0 Å². The van der Waals surface area contributed by atoms with Crippen molar-refractivity contribution in [2.24, 2.45) is 0 Å². The molecule has 0 saturated heterocycles. The van der Waals surface area contributed by atoms with E-state index in [1.54, 1.807) is 30.8 Å². The number of benzene rings is 1. The Labute approximate surface area is 117 Å². The Morgan fingerprint density at radius 3 is 2.37 bits per heavy atom. The number of thioether (sulfide) groups is 1. The van der Waals surface area contributed by atoms with E-state index in [9.17, 15) is 9.59 Å². The third-order valence-corrected chi connectivity index (χ3v) is 4.06. The molecule has 0 saturated carbocycles. The third-order valence-electron chi connectivity index (χ3n) is 2.81. The van der Waals surface area contributed by atoms with Crippen LogP contribution in [-0.4, -0.2) is 34.5 Å². The summed E-state index contributed by atoms with van der Waals surface area (Å²) in [4.78, 5) is 23.0. The Morgan fingerprint density at radius 2 is 1.84 bits per heavy atom. The molecule has 2 N–H and O–H groups in total. The first-order chi connectivity index (χ1) is 8.75. The van der Waals surface area contributed by atoms with E-state index >= 15 is 0 Å². The Hall–Kier alpha value is -1.49. The Kier molecular flexibility index (Phi) is 5.00. The van der Waals surface area contributed by atoms with Crippen LogP contribution < -0.4 is 5.32 Å². The predicted molar refractivity (Wildman–Crippen MR) is 78.1 cm³/mol. The van der Waals surface area contributed by atoms with Crippen LogP contribution in [0.15, 0.2) is 18.2 Å². The molecule has 0 radical (unpaired) electrons. The van der Waals surface area contributed by atoms with Crippen molar-refractivity contribution >= 4 is 23.6 Å². The zero-order valence-corrected chi connectivity index (χ0v) is 12.4. The number of amides is 1. The molecule has 0 aliphatic heterocycles. The lowest BCUT2D eigenvalue weighted by Crippen LogP contribution is -2.36. The van der Waals surface area contributed by atoms with Crippen LogP contribution in [0.2, 0.25) is 0 Å². The molecule has 1 rings (SSSR count). The summed E-state index contributed by atoms with van der Waals surface area (Å²) < 4.78 is -0.0465. The fraction of sp³-hybridized carbons (Fsp3) is 0.429. The third kappa shape index (κ3) is 4.59. The molecule has 5 heteroatoms. The molecule has 0 aliphatic carbocycles. The maximum Gasteiger partial charge on any atom is 0.335 e. The molecule has 1 amide bonds. The second kappa shape index (κ2) is 6.10. The molecule has 1 aromatic carbocycles. The second-order valence-electron chi connectivity index (χ2n) is 5.04. The molecule has 0 bridgehead atoms. The maximum atomic E-state index is 12.0. The van der Waals surface area contributed by atoms with Crippen LogP contribution in [0.1, 0.15) is 40.1 Å². The minimum Gasteiger partial charge on any atom is -0.478 e. The minimum atomic E-state index is -1.03. The monoisotopic (exact) mass is 281 g/mol. The molecular formula is C14H19NO3S. The van der Waals surface area contributed by atoms with Crippen LogP contribution in [0.25, 0.3) is 0 Å². The highest BCUT2D eigenvalue weighted by atomic mass is 32.2. The van der Waals surface area contributed by atoms with Crippen LogP contribution in [0, 0.1) is 6.92 Å². The number of hydrogen-bond acceptors (Lipinski definition) is 3. The molecule has 0 fully saturated rings. The average Bonchev–Trinajstić information content (AvgIpc) is 2.35. The van der Waals surface area contributed by atoms with Gasteiger partial charge in [0.25, 0.3) is 5.91 Å². The standard InChI is InChI=1S/C14H19NO3S/c1-9-5-10(7-11(6-9)13(17)18)12(16)15-8-14(2,3)19-4/h5-7H,8H2,1-4H3,(H,15,16)(H,17,18). The lowest BCUT2D eigenvalue weighted by molar-refractivity contribution is 0.0696. The average molecular weight is 281 g/mol. The summed E-state index contributed by atoms with van der Waals surface area (Å²) in [5, 5.41) is 11.8. The molecule has 0 aromatic heterocycles. The highest BCUT2D eigenvalue weighted by molar-refractivity contribution is 7.99. The summed E-state index contributed by atoms with van der Waals surface area (Å²) in [5.74, 6) is -1.27. The highest BCUT2D eigenvalue weighted by Crippen LogP contribution is 2.19. The number of carboxylic acids is 1. The van der Waals surface area contributed by atoms with Gasteiger partial charge in [0.15, 0.2) is 0 Å². The van der Waals surface area contributed by atoms with Gasteiger partial charge in [-0.2, -0.15) is 11.8 Å². The molecule has 1 aromatic rings. The fourth-order valence-corrected chi connectivity index (χ4v) is 1.72. The number of carboxylic acid groups (broad SMARTS) is 1. The zero-order valence-electron chi connectivity index (χ0n) is 11.6. The fourth-order valence-electron chi connectivity index (χ4n) is 1.51. The van der Waals surface area contributed by atoms with Crippen LogP contribution in [-0.2, 0) is 0 Å². The molecule has 19 heavy (non-hydrogen) atoms. The summed E-state index contributed by atoms with van der Waals surface area (Å²) in [6.07, 6.45) is 1.99. The highest BCUT2D eigenvalue weighted by Gasteiger charge is 2.18. The van der Waals surface area contributed by atoms with Gasteiger partial charge in [-0.3, -0.25) is 4.79 Å². The molecule has 0 atom stereocenters. The maximum absolute atomic E-state index is 12.0. The number of aromatic carboxylic acids is 1. The van der Waals surface area contributed by atoms with Crippen LogP contribution in [0.3, 0.4) is 0 Å². The summed E-state index contributed by atoms with van der Waals surface area (Å²) in [5.41, 5.74) is 1.28. The number of carbonyl (C=O) groups excluding carboxylic acids is 1. The van der Waals surface area contributed by atoms with Gasteiger partial charge in [-0.1, -0.05) is 0 Å². The van der Waals surface area contributed by atoms with E-state index in [0.717, 1.165) is 5.56 Å². The smallest absolute Gasteiger partial charge is 0.335 e. The van der Waals surface area contributed by atoms with Crippen molar-refractivity contribution in [2.45, 2.75) is 25.5 Å². The number of rotatable bonds is 5. The Morgan fingerprint density at radius 1 is 1.26 bits per heavy atom. The van der Waals surface area contributed by atoms with Crippen molar-refractivity contribution in [3.05, 3.63) is 34.9 Å². The van der Waals surface area contributed by atoms with Crippen molar-refractivity contribution in [3.63, 3.8) is 0 Å². The van der Waals surface area contributed by atoms with Crippen LogP contribution >= 0.6 is 11.8 Å². The van der Waals surface area contributed by atoms with Gasteiger partial charge in [0.1, 0.15) is 0 Å². The lowest BCUT2D eigenvalue weighted by Gasteiger charge is -2.22. The normalized spacial score (nSPS) is 11.2. The van der Waals surface area contributed by atoms with Crippen molar-refractivity contribution in [3.8, 4) is 0 Å². The quantitative estimate of drug-likeness (QED) is 0.870. The van der Waals surface area contributed by atoms with Crippen LogP contribution in [0.4, 0.5) is 0 Å². The predicted octanol–water partition coefficient (Wildman–Crippen LogP) is 2.56. The summed E-state index contributed by atoms with van der Waals surface area (Å²) in [6, 6.07) is 4.63. The van der Waals surface area contributed by atoms with Gasteiger partial charge in [0.05, 0.1) is 5.56 Å². The lowest BCUT2D eigenvalue weighted by atomic mass is 10.1. The van der Waals surface area contributed by atoms with Crippen molar-refractivity contribution in [2.75, 3.05) is 12.8 Å². The molecule has 4 nitrogen and oxygen atoms in total. The van der Waals surface area contributed by atoms with E-state index in [2.05, 4.69) is 5.32 Å². The second-order valence-corrected chi connectivity index (χ2v) is 6.55. The summed E-state index contributed by atoms with van der Waals surface area (Å²) >= 11 is 1.67. The number of hydrogen-bond donors (Lipinski definition) is 2. The van der Waals surface area contributed by atoms with Gasteiger partial charge in [-0.15, -0.1) is 0 Å².